The average Bonchev–Trinajstić information content (AvgIpc) is 3.22. The smallest absolute Gasteiger partial charge is 0.270 e. The van der Waals surface area contributed by atoms with Crippen LogP contribution < -0.4 is 10.9 Å². The molecule has 0 aliphatic carbocycles. The van der Waals surface area contributed by atoms with Crippen molar-refractivity contribution in [2.75, 3.05) is 5.32 Å². The van der Waals surface area contributed by atoms with E-state index in [1.807, 2.05) is 0 Å². The van der Waals surface area contributed by atoms with Gasteiger partial charge >= 0.3 is 0 Å². The van der Waals surface area contributed by atoms with Crippen LogP contribution in [0, 0.1) is 10.1 Å². The molecular weight excluding hydrogens is 366 g/mol. The van der Waals surface area contributed by atoms with E-state index in [1.54, 1.807) is 24.3 Å². The van der Waals surface area contributed by atoms with Gasteiger partial charge < -0.3 is 10.3 Å². The Hall–Kier alpha value is -4.28. The Kier molecular flexibility index (Phi) is 4.16. The highest BCUT2D eigenvalue weighted by Crippen LogP contribution is 2.25. The third-order valence-electron chi connectivity index (χ3n) is 4.11. The number of anilines is 1. The molecule has 2 aromatic carbocycles. The maximum atomic E-state index is 12.5. The first-order chi connectivity index (χ1) is 13.5. The van der Waals surface area contributed by atoms with Gasteiger partial charge in [0.15, 0.2) is 0 Å². The molecule has 0 spiro atoms. The molecule has 1 aromatic heterocycles. The molecule has 0 unspecified atom stereocenters. The summed E-state index contributed by atoms with van der Waals surface area (Å²) in [5.41, 5.74) is 0.717. The first kappa shape index (κ1) is 17.1. The second-order valence-electron chi connectivity index (χ2n) is 5.90. The predicted octanol–water partition coefficient (Wildman–Crippen LogP) is 3.52. The number of hydrogen-bond acceptors (Lipinski definition) is 8. The number of pyridine rings is 1. The van der Waals surface area contributed by atoms with Gasteiger partial charge in [0.1, 0.15) is 5.56 Å². The largest absolute Gasteiger partial charge is 0.322 e. The Bertz CT molecular complexity index is 1200. The van der Waals surface area contributed by atoms with E-state index in [1.165, 1.54) is 24.3 Å². The fourth-order valence-corrected chi connectivity index (χ4v) is 2.71. The highest BCUT2D eigenvalue weighted by molar-refractivity contribution is 6.05. The number of rotatable bonds is 4. The molecule has 0 bridgehead atoms. The van der Waals surface area contributed by atoms with Crippen LogP contribution in [0.5, 0.6) is 0 Å². The van der Waals surface area contributed by atoms with Crippen molar-refractivity contribution >= 4 is 28.2 Å². The van der Waals surface area contributed by atoms with E-state index in [0.29, 0.717) is 16.6 Å². The van der Waals surface area contributed by atoms with Crippen molar-refractivity contribution in [1.29, 1.82) is 0 Å². The van der Waals surface area contributed by atoms with Crippen molar-refractivity contribution in [3.63, 3.8) is 0 Å². The van der Waals surface area contributed by atoms with Crippen molar-refractivity contribution in [3.05, 3.63) is 80.1 Å². The summed E-state index contributed by atoms with van der Waals surface area (Å²) in [5, 5.41) is 28.4. The highest BCUT2D eigenvalue weighted by Gasteiger charge is 2.16. The number of fused-ring (bicyclic) bond motifs is 1. The molecule has 28 heavy (non-hydrogen) atoms. The van der Waals surface area contributed by atoms with Crippen LogP contribution in [0.25, 0.3) is 10.9 Å². The Labute approximate surface area is 156 Å². The number of nitro groups is 1. The monoisotopic (exact) mass is 377 g/mol. The standard InChI is InChI=1S/C17H11N7O4/c25-16(18-11-3-1-9(2-4-11)15-20-22-23-21-15)13-8-10-7-12(24(27)28)5-6-14(10)19-17(13)26/h1-8,15H,(H,18,25)(H,19,26). The first-order valence-electron chi connectivity index (χ1n) is 8.04. The quantitative estimate of drug-likeness (QED) is 0.527. The Morgan fingerprint density at radius 1 is 1.07 bits per heavy atom. The fraction of sp³-hybridized carbons (Fsp3) is 0.0588. The lowest BCUT2D eigenvalue weighted by molar-refractivity contribution is -0.384. The molecule has 0 fully saturated rings. The van der Waals surface area contributed by atoms with Crippen LogP contribution in [-0.4, -0.2) is 15.8 Å². The summed E-state index contributed by atoms with van der Waals surface area (Å²) in [5.74, 6) is -0.636. The molecule has 0 saturated heterocycles. The molecule has 1 amide bonds. The van der Waals surface area contributed by atoms with Crippen LogP contribution in [0.3, 0.4) is 0 Å². The number of aromatic amines is 1. The Balaban J connectivity index is 1.60. The molecule has 0 saturated carbocycles. The Morgan fingerprint density at radius 3 is 2.46 bits per heavy atom. The first-order valence-corrected chi connectivity index (χ1v) is 8.04. The van der Waals surface area contributed by atoms with Crippen LogP contribution in [-0.2, 0) is 0 Å². The van der Waals surface area contributed by atoms with Crippen molar-refractivity contribution < 1.29 is 9.72 Å². The van der Waals surface area contributed by atoms with E-state index in [9.17, 15) is 19.7 Å². The van der Waals surface area contributed by atoms with E-state index in [2.05, 4.69) is 31.0 Å². The summed E-state index contributed by atoms with van der Waals surface area (Å²) >= 11 is 0. The fourth-order valence-electron chi connectivity index (χ4n) is 2.71. The van der Waals surface area contributed by atoms with Gasteiger partial charge in [-0.3, -0.25) is 19.7 Å². The number of carbonyl (C=O) groups is 1. The average molecular weight is 377 g/mol. The normalized spacial score (nSPS) is 13.1. The molecule has 3 aromatic rings. The third-order valence-corrected chi connectivity index (χ3v) is 4.11. The summed E-state index contributed by atoms with van der Waals surface area (Å²) in [7, 11) is 0. The van der Waals surface area contributed by atoms with Gasteiger partial charge in [-0.2, -0.15) is 0 Å². The number of nitrogens with one attached hydrogen (secondary N) is 2. The van der Waals surface area contributed by atoms with Crippen molar-refractivity contribution in [3.8, 4) is 0 Å². The number of nitrogens with zero attached hydrogens (tertiary/aromatic N) is 5. The number of amides is 1. The van der Waals surface area contributed by atoms with Crippen LogP contribution in [0.15, 0.2) is 74.0 Å². The lowest BCUT2D eigenvalue weighted by Crippen LogP contribution is -2.23. The predicted molar refractivity (Wildman–Crippen MR) is 98.1 cm³/mol. The van der Waals surface area contributed by atoms with E-state index in [0.717, 1.165) is 5.56 Å². The van der Waals surface area contributed by atoms with Crippen LogP contribution in [0.4, 0.5) is 11.4 Å². The van der Waals surface area contributed by atoms with Crippen LogP contribution in [0.1, 0.15) is 22.1 Å². The van der Waals surface area contributed by atoms with Gasteiger partial charge in [0.2, 0.25) is 6.17 Å². The van der Waals surface area contributed by atoms with E-state index >= 15 is 0 Å². The van der Waals surface area contributed by atoms with E-state index in [4.69, 9.17) is 0 Å². The lowest BCUT2D eigenvalue weighted by atomic mass is 10.1. The molecule has 1 aliphatic heterocycles. The second-order valence-corrected chi connectivity index (χ2v) is 5.90. The molecule has 1 aliphatic rings. The number of hydrogen-bond donors (Lipinski definition) is 2. The van der Waals surface area contributed by atoms with Crippen molar-refractivity contribution in [1.82, 2.24) is 4.98 Å². The molecule has 11 heteroatoms. The molecule has 2 N–H and O–H groups in total. The topological polar surface area (TPSA) is 155 Å². The van der Waals surface area contributed by atoms with E-state index < -0.39 is 22.6 Å². The number of H-pyrrole nitrogens is 1. The third kappa shape index (κ3) is 3.23. The molecule has 2 heterocycles. The molecule has 138 valence electrons. The number of nitro benzene ring substituents is 1. The minimum atomic E-state index is -0.636. The summed E-state index contributed by atoms with van der Waals surface area (Å²) in [4.78, 5) is 37.7. The number of non-ortho nitro benzene ring substituents is 1. The lowest BCUT2D eigenvalue weighted by Gasteiger charge is -2.07. The van der Waals surface area contributed by atoms with Gasteiger partial charge in [-0.1, -0.05) is 12.1 Å². The van der Waals surface area contributed by atoms with Gasteiger partial charge in [-0.05, 0) is 34.7 Å². The molecule has 0 radical (unpaired) electrons. The maximum Gasteiger partial charge on any atom is 0.270 e. The maximum absolute atomic E-state index is 12.5. The molecule has 11 nitrogen and oxygen atoms in total. The zero-order valence-corrected chi connectivity index (χ0v) is 14.1. The number of aromatic nitrogens is 1. The zero-order chi connectivity index (χ0) is 19.7. The summed E-state index contributed by atoms with van der Waals surface area (Å²) in [6.45, 7) is 0. The van der Waals surface area contributed by atoms with Gasteiger partial charge in [-0.25, -0.2) is 0 Å². The molecule has 4 rings (SSSR count). The van der Waals surface area contributed by atoms with Gasteiger partial charge in [0.05, 0.1) is 4.92 Å². The summed E-state index contributed by atoms with van der Waals surface area (Å²) < 4.78 is 0. The summed E-state index contributed by atoms with van der Waals surface area (Å²) in [6, 6.07) is 12.0. The zero-order valence-electron chi connectivity index (χ0n) is 14.1. The van der Waals surface area contributed by atoms with Gasteiger partial charge in [-0.15, -0.1) is 10.2 Å². The number of benzene rings is 2. The SMILES string of the molecule is O=C(Nc1ccc(C2N=NN=N2)cc1)c1cc2cc([N+](=O)[O-])ccc2[nH]c1=O. The van der Waals surface area contributed by atoms with Gasteiger partial charge in [0, 0.05) is 34.3 Å². The second kappa shape index (κ2) is 6.79. The van der Waals surface area contributed by atoms with Crippen LogP contribution in [0.2, 0.25) is 0 Å². The molecular formula is C17H11N7O4. The molecule has 0 atom stereocenters. The van der Waals surface area contributed by atoms with E-state index in [-0.39, 0.29) is 11.3 Å². The van der Waals surface area contributed by atoms with Gasteiger partial charge in [0.25, 0.3) is 17.2 Å². The van der Waals surface area contributed by atoms with Crippen molar-refractivity contribution in [2.24, 2.45) is 20.7 Å². The highest BCUT2D eigenvalue weighted by atomic mass is 16.6. The minimum absolute atomic E-state index is 0.136. The van der Waals surface area contributed by atoms with Crippen molar-refractivity contribution in [2.45, 2.75) is 6.17 Å². The Morgan fingerprint density at radius 2 is 1.79 bits per heavy atom. The minimum Gasteiger partial charge on any atom is -0.322 e. The number of carbonyl (C=O) groups excluding carboxylic acids is 1. The van der Waals surface area contributed by atoms with Crippen LogP contribution >= 0.6 is 0 Å². The summed E-state index contributed by atoms with van der Waals surface area (Å²) in [6.07, 6.45) is -0.496.